The van der Waals surface area contributed by atoms with Crippen LogP contribution in [0, 0.1) is 5.92 Å². The fourth-order valence-corrected chi connectivity index (χ4v) is 4.02. The van der Waals surface area contributed by atoms with E-state index in [1.807, 2.05) is 18.7 Å². The number of amides is 2. The molecule has 3 rings (SSSR count). The summed E-state index contributed by atoms with van der Waals surface area (Å²) in [6.45, 7) is 6.87. The minimum atomic E-state index is -0.347. The Bertz CT molecular complexity index is 410. The highest BCUT2D eigenvalue weighted by atomic mass is 16.2. The molecule has 0 saturated carbocycles. The zero-order valence-electron chi connectivity index (χ0n) is 12.5. The van der Waals surface area contributed by atoms with Gasteiger partial charge in [-0.3, -0.25) is 14.5 Å². The van der Waals surface area contributed by atoms with Gasteiger partial charge in [-0.25, -0.2) is 0 Å². The van der Waals surface area contributed by atoms with E-state index in [0.29, 0.717) is 25.0 Å². The number of hydrogen-bond acceptors (Lipinski definition) is 3. The van der Waals surface area contributed by atoms with Crippen LogP contribution in [0.5, 0.6) is 0 Å². The van der Waals surface area contributed by atoms with Crippen molar-refractivity contribution in [3.63, 3.8) is 0 Å². The molecule has 3 atom stereocenters. The highest BCUT2D eigenvalue weighted by Gasteiger charge is 2.44. The molecule has 0 aromatic heterocycles. The van der Waals surface area contributed by atoms with Gasteiger partial charge in [-0.15, -0.1) is 0 Å². The molecule has 3 aliphatic heterocycles. The minimum Gasteiger partial charge on any atom is -0.344 e. The summed E-state index contributed by atoms with van der Waals surface area (Å²) in [6, 6.07) is 0.499. The van der Waals surface area contributed by atoms with Crippen molar-refractivity contribution < 1.29 is 9.59 Å². The lowest BCUT2D eigenvalue weighted by molar-refractivity contribution is -0.137. The second-order valence-corrected chi connectivity index (χ2v) is 6.67. The van der Waals surface area contributed by atoms with Crippen LogP contribution in [0.1, 0.15) is 39.5 Å². The second kappa shape index (κ2) is 5.35. The molecule has 0 aliphatic carbocycles. The molecule has 0 radical (unpaired) electrons. The second-order valence-electron chi connectivity index (χ2n) is 6.67. The van der Waals surface area contributed by atoms with E-state index in [0.717, 1.165) is 13.0 Å². The van der Waals surface area contributed by atoms with Crippen LogP contribution in [0.2, 0.25) is 0 Å². The first kappa shape index (κ1) is 13.9. The monoisotopic (exact) mass is 279 g/mol. The standard InChI is InChI=1S/C15H25N3O2/c1-10(2)14-15(20)18(9-6-13(19)16-14)12-5-8-17-7-3-4-11(12)17/h10-12,14H,3-9H2,1-2H3,(H,16,19). The van der Waals surface area contributed by atoms with E-state index >= 15 is 0 Å². The Hall–Kier alpha value is -1.10. The van der Waals surface area contributed by atoms with E-state index in [1.54, 1.807) is 0 Å². The summed E-state index contributed by atoms with van der Waals surface area (Å²) in [5.74, 6) is 0.290. The van der Waals surface area contributed by atoms with Crippen LogP contribution >= 0.6 is 0 Å². The third-order valence-corrected chi connectivity index (χ3v) is 5.08. The maximum atomic E-state index is 12.8. The maximum Gasteiger partial charge on any atom is 0.245 e. The van der Waals surface area contributed by atoms with Crippen molar-refractivity contribution in [2.45, 2.75) is 57.7 Å². The van der Waals surface area contributed by atoms with Crippen LogP contribution < -0.4 is 5.32 Å². The van der Waals surface area contributed by atoms with Gasteiger partial charge < -0.3 is 10.2 Å². The van der Waals surface area contributed by atoms with Gasteiger partial charge in [-0.1, -0.05) is 13.8 Å². The molecule has 3 fully saturated rings. The van der Waals surface area contributed by atoms with Crippen molar-refractivity contribution >= 4 is 11.8 Å². The Kier molecular flexibility index (Phi) is 3.71. The molecule has 0 aromatic carbocycles. The van der Waals surface area contributed by atoms with Crippen LogP contribution in [0.4, 0.5) is 0 Å². The van der Waals surface area contributed by atoms with Crippen molar-refractivity contribution in [1.82, 2.24) is 15.1 Å². The van der Waals surface area contributed by atoms with Crippen molar-refractivity contribution in [2.24, 2.45) is 5.92 Å². The van der Waals surface area contributed by atoms with Crippen molar-refractivity contribution in [3.8, 4) is 0 Å². The zero-order valence-corrected chi connectivity index (χ0v) is 12.5. The lowest BCUT2D eigenvalue weighted by Gasteiger charge is -2.34. The third kappa shape index (κ3) is 2.32. The summed E-state index contributed by atoms with van der Waals surface area (Å²) in [5, 5.41) is 2.90. The predicted octanol–water partition coefficient (Wildman–Crippen LogP) is 0.596. The molecular weight excluding hydrogens is 254 g/mol. The van der Waals surface area contributed by atoms with E-state index in [4.69, 9.17) is 0 Å². The Balaban J connectivity index is 1.80. The molecule has 5 heteroatoms. The summed E-state index contributed by atoms with van der Waals surface area (Å²) in [4.78, 5) is 29.2. The molecule has 3 unspecified atom stereocenters. The van der Waals surface area contributed by atoms with Gasteiger partial charge in [0.1, 0.15) is 6.04 Å². The van der Waals surface area contributed by atoms with Gasteiger partial charge in [-0.2, -0.15) is 0 Å². The van der Waals surface area contributed by atoms with E-state index in [2.05, 4.69) is 10.2 Å². The smallest absolute Gasteiger partial charge is 0.245 e. The van der Waals surface area contributed by atoms with E-state index in [9.17, 15) is 9.59 Å². The lowest BCUT2D eigenvalue weighted by Crippen LogP contribution is -2.53. The molecule has 5 nitrogen and oxygen atoms in total. The molecule has 0 aromatic rings. The Morgan fingerprint density at radius 1 is 1.10 bits per heavy atom. The number of nitrogens with one attached hydrogen (secondary N) is 1. The Morgan fingerprint density at radius 2 is 1.90 bits per heavy atom. The number of hydrogen-bond donors (Lipinski definition) is 1. The average molecular weight is 279 g/mol. The van der Waals surface area contributed by atoms with Crippen molar-refractivity contribution in [2.75, 3.05) is 19.6 Å². The van der Waals surface area contributed by atoms with Crippen LogP contribution in [0.3, 0.4) is 0 Å². The quantitative estimate of drug-likeness (QED) is 0.805. The number of rotatable bonds is 2. The van der Waals surface area contributed by atoms with Crippen LogP contribution in [-0.2, 0) is 9.59 Å². The molecular formula is C15H25N3O2. The van der Waals surface area contributed by atoms with Gasteiger partial charge in [0.15, 0.2) is 0 Å². The van der Waals surface area contributed by atoms with Gasteiger partial charge in [0, 0.05) is 31.6 Å². The SMILES string of the molecule is CC(C)C1NC(=O)CCN(C2CCN3CCCC23)C1=O. The fourth-order valence-electron chi connectivity index (χ4n) is 4.02. The number of carbonyl (C=O) groups excluding carboxylic acids is 2. The first-order chi connectivity index (χ1) is 9.58. The highest BCUT2D eigenvalue weighted by Crippen LogP contribution is 2.32. The molecule has 0 bridgehead atoms. The van der Waals surface area contributed by atoms with Crippen molar-refractivity contribution in [3.05, 3.63) is 0 Å². The summed E-state index contributed by atoms with van der Waals surface area (Å²) in [5.41, 5.74) is 0. The molecule has 1 N–H and O–H groups in total. The number of nitrogens with zero attached hydrogens (tertiary/aromatic N) is 2. The molecule has 3 aliphatic rings. The molecule has 112 valence electrons. The normalized spacial score (nSPS) is 35.4. The van der Waals surface area contributed by atoms with Gasteiger partial charge in [0.05, 0.1) is 0 Å². The third-order valence-electron chi connectivity index (χ3n) is 5.08. The molecule has 3 saturated heterocycles. The van der Waals surface area contributed by atoms with Crippen LogP contribution in [0.25, 0.3) is 0 Å². The summed E-state index contributed by atoms with van der Waals surface area (Å²) in [6.07, 6.45) is 3.95. The van der Waals surface area contributed by atoms with Gasteiger partial charge in [0.25, 0.3) is 0 Å². The van der Waals surface area contributed by atoms with E-state index in [1.165, 1.54) is 19.4 Å². The highest BCUT2D eigenvalue weighted by molar-refractivity contribution is 5.90. The first-order valence-electron chi connectivity index (χ1n) is 7.92. The van der Waals surface area contributed by atoms with E-state index < -0.39 is 0 Å². The Morgan fingerprint density at radius 3 is 2.65 bits per heavy atom. The first-order valence-corrected chi connectivity index (χ1v) is 7.92. The fraction of sp³-hybridized carbons (Fsp3) is 0.867. The predicted molar refractivity (Wildman–Crippen MR) is 76.1 cm³/mol. The largest absolute Gasteiger partial charge is 0.344 e. The summed E-state index contributed by atoms with van der Waals surface area (Å²) < 4.78 is 0. The van der Waals surface area contributed by atoms with E-state index in [-0.39, 0.29) is 23.8 Å². The molecule has 2 amide bonds. The summed E-state index contributed by atoms with van der Waals surface area (Å²) in [7, 11) is 0. The Labute approximate surface area is 120 Å². The van der Waals surface area contributed by atoms with Gasteiger partial charge in [-0.05, 0) is 31.7 Å². The zero-order chi connectivity index (χ0) is 14.3. The van der Waals surface area contributed by atoms with Gasteiger partial charge >= 0.3 is 0 Å². The lowest BCUT2D eigenvalue weighted by atomic mass is 10.00. The summed E-state index contributed by atoms with van der Waals surface area (Å²) >= 11 is 0. The molecule has 20 heavy (non-hydrogen) atoms. The molecule has 0 spiro atoms. The average Bonchev–Trinajstić information content (AvgIpc) is 2.96. The van der Waals surface area contributed by atoms with Crippen molar-refractivity contribution in [1.29, 1.82) is 0 Å². The maximum absolute atomic E-state index is 12.8. The van der Waals surface area contributed by atoms with Gasteiger partial charge in [0.2, 0.25) is 11.8 Å². The topological polar surface area (TPSA) is 52.7 Å². The molecule has 3 heterocycles. The number of carbonyl (C=O) groups is 2. The van der Waals surface area contributed by atoms with Crippen LogP contribution in [0.15, 0.2) is 0 Å². The minimum absolute atomic E-state index is 0.0147. The van der Waals surface area contributed by atoms with Crippen LogP contribution in [-0.4, -0.2) is 59.4 Å². The number of fused-ring (bicyclic) bond motifs is 1.